The van der Waals surface area contributed by atoms with E-state index < -0.39 is 27.1 Å². The van der Waals surface area contributed by atoms with Crippen LogP contribution >= 0.6 is 7.82 Å². The zero-order valence-corrected chi connectivity index (χ0v) is 14.4. The molecule has 0 aliphatic rings. The first-order chi connectivity index (χ1) is 4.49. The molecule has 0 rings (SSSR count). The van der Waals surface area contributed by atoms with Gasteiger partial charge in [-0.2, -0.15) is 0 Å². The number of rotatable bonds is 4. The van der Waals surface area contributed by atoms with Crippen molar-refractivity contribution in [3.05, 3.63) is 0 Å². The van der Waals surface area contributed by atoms with Gasteiger partial charge in [-0.3, -0.25) is 4.52 Å². The van der Waals surface area contributed by atoms with Crippen LogP contribution in [-0.2, 0) is 9.09 Å². The van der Waals surface area contributed by atoms with E-state index in [4.69, 9.17) is 20.0 Å². The van der Waals surface area contributed by atoms with Gasteiger partial charge in [-0.15, -0.1) is 0 Å². The third-order valence-electron chi connectivity index (χ3n) is 0.694. The molecule has 11 nitrogen and oxygen atoms in total. The minimum atomic E-state index is -4.57. The van der Waals surface area contributed by atoms with Gasteiger partial charge >= 0.3 is 66.9 Å². The fourth-order valence-electron chi connectivity index (χ4n) is 0.319. The van der Waals surface area contributed by atoms with Crippen LogP contribution in [-0.4, -0.2) is 66.7 Å². The maximum Gasteiger partial charge on any atom is 1.00 e. The molecular weight excluding hydrogens is 289 g/mol. The third kappa shape index (κ3) is 38.1. The Labute approximate surface area is 142 Å². The fraction of sp³-hybridized carbons (Fsp3) is 1.00. The van der Waals surface area contributed by atoms with Gasteiger partial charge in [-0.05, 0) is 0 Å². The number of aliphatic hydroxyl groups is 2. The molecule has 0 aromatic rings. The summed E-state index contributed by atoms with van der Waals surface area (Å²) in [5.74, 6) is 0. The molecule has 0 aliphatic heterocycles. The summed E-state index contributed by atoms with van der Waals surface area (Å²) in [6.07, 6.45) is -1.21. The molecule has 0 bridgehead atoms. The molecule has 0 aromatic carbocycles. The van der Waals surface area contributed by atoms with E-state index >= 15 is 0 Å². The van der Waals surface area contributed by atoms with Crippen LogP contribution in [0.25, 0.3) is 0 Å². The summed E-state index contributed by atoms with van der Waals surface area (Å²) >= 11 is 0. The molecule has 14 N–H and O–H groups in total. The van der Waals surface area contributed by atoms with Crippen molar-refractivity contribution in [1.82, 2.24) is 0 Å². The zero-order valence-electron chi connectivity index (χ0n) is 9.54. The van der Waals surface area contributed by atoms with E-state index in [0.717, 1.165) is 0 Å². The topological polar surface area (TPSA) is 265 Å². The molecule has 0 heterocycles. The van der Waals surface area contributed by atoms with Gasteiger partial charge in [-0.1, -0.05) is 0 Å². The van der Waals surface area contributed by atoms with Crippen molar-refractivity contribution >= 4 is 7.82 Å². The quantitative estimate of drug-likeness (QED) is 0.289. The fourth-order valence-corrected chi connectivity index (χ4v) is 0.840. The van der Waals surface area contributed by atoms with E-state index in [1.165, 1.54) is 0 Å². The molecule has 0 spiro atoms. The largest absolute Gasteiger partial charge is 1.00 e. The standard InChI is InChI=1S/C3H9O6P.2Na.5H2O/c4-1-3(2-5)9-10(6,7)8;;;;;;;/h3-5H,1-2H2,(H2,6,7,8);;;5*1H2/q;2*+1;;;;;. The van der Waals surface area contributed by atoms with Crippen LogP contribution in [0.3, 0.4) is 0 Å². The Kier molecular flexibility index (Phi) is 79.3. The number of phosphoric acid groups is 1. The molecule has 0 saturated carbocycles. The Bertz CT molecular complexity index is 137. The van der Waals surface area contributed by atoms with Gasteiger partial charge in [0.2, 0.25) is 0 Å². The molecule has 0 atom stereocenters. The van der Waals surface area contributed by atoms with Crippen molar-refractivity contribution in [1.29, 1.82) is 0 Å². The number of aliphatic hydroxyl groups excluding tert-OH is 2. The molecule has 0 amide bonds. The Morgan fingerprint density at radius 3 is 1.18 bits per heavy atom. The van der Waals surface area contributed by atoms with E-state index in [0.29, 0.717) is 0 Å². The van der Waals surface area contributed by atoms with Gasteiger partial charge in [-0.25, -0.2) is 4.57 Å². The molecule has 0 unspecified atom stereocenters. The van der Waals surface area contributed by atoms with E-state index in [1.807, 2.05) is 0 Å². The second-order valence-corrected chi connectivity index (χ2v) is 2.78. The minimum absolute atomic E-state index is 0. The van der Waals surface area contributed by atoms with Gasteiger partial charge in [0.1, 0.15) is 6.10 Å². The van der Waals surface area contributed by atoms with Gasteiger partial charge in [0, 0.05) is 0 Å². The van der Waals surface area contributed by atoms with Crippen molar-refractivity contribution < 1.29 is 116 Å². The summed E-state index contributed by atoms with van der Waals surface area (Å²) in [7, 11) is -4.57. The maximum atomic E-state index is 10.0. The summed E-state index contributed by atoms with van der Waals surface area (Å²) in [5.41, 5.74) is 0. The smallest absolute Gasteiger partial charge is 0.412 e. The van der Waals surface area contributed by atoms with Crippen molar-refractivity contribution in [2.45, 2.75) is 6.10 Å². The first-order valence-electron chi connectivity index (χ1n) is 2.45. The normalized spacial score (nSPS) is 7.35. The molecule has 0 aliphatic carbocycles. The molecule has 0 radical (unpaired) electrons. The van der Waals surface area contributed by atoms with Gasteiger partial charge < -0.3 is 47.4 Å². The summed E-state index contributed by atoms with van der Waals surface area (Å²) in [5, 5.41) is 16.5. The van der Waals surface area contributed by atoms with Gasteiger partial charge in [0.25, 0.3) is 0 Å². The SMILES string of the molecule is O.O.O.O.O.O=P(O)(O)OC(CO)CO.[Na+].[Na+]. The predicted octanol–water partition coefficient (Wildman–Crippen LogP) is -11.7. The monoisotopic (exact) mass is 308 g/mol. The summed E-state index contributed by atoms with van der Waals surface area (Å²) in [6.45, 7) is -1.25. The van der Waals surface area contributed by atoms with E-state index in [2.05, 4.69) is 4.52 Å². The van der Waals surface area contributed by atoms with Crippen molar-refractivity contribution in [2.75, 3.05) is 13.2 Å². The number of phosphoric ester groups is 1. The average molecular weight is 308 g/mol. The van der Waals surface area contributed by atoms with Crippen LogP contribution in [0.5, 0.6) is 0 Å². The molecule has 0 saturated heterocycles. The van der Waals surface area contributed by atoms with Crippen LogP contribution in [0.4, 0.5) is 0 Å². The van der Waals surface area contributed by atoms with Crippen LogP contribution in [0.2, 0.25) is 0 Å². The Morgan fingerprint density at radius 1 is 0.882 bits per heavy atom. The van der Waals surface area contributed by atoms with Gasteiger partial charge in [0.15, 0.2) is 0 Å². The maximum absolute atomic E-state index is 10.0. The Balaban J connectivity index is -0.0000000193. The van der Waals surface area contributed by atoms with E-state index in [1.54, 1.807) is 0 Å². The van der Waals surface area contributed by atoms with Crippen molar-refractivity contribution in [2.24, 2.45) is 0 Å². The van der Waals surface area contributed by atoms with Crippen molar-refractivity contribution in [3.8, 4) is 0 Å². The van der Waals surface area contributed by atoms with E-state index in [9.17, 15) is 4.57 Å². The molecule has 102 valence electrons. The minimum Gasteiger partial charge on any atom is -0.412 e. The van der Waals surface area contributed by atoms with Crippen LogP contribution in [0, 0.1) is 0 Å². The molecule has 14 heteroatoms. The average Bonchev–Trinajstić information content (AvgIpc) is 1.81. The zero-order chi connectivity index (χ0) is 8.20. The molecular formula is C3H19Na2O11P+2. The van der Waals surface area contributed by atoms with Gasteiger partial charge in [0.05, 0.1) is 13.2 Å². The summed E-state index contributed by atoms with van der Waals surface area (Å²) in [6, 6.07) is 0. The number of hydrogen-bond donors (Lipinski definition) is 4. The molecule has 0 fully saturated rings. The number of hydrogen-bond acceptors (Lipinski definition) is 4. The first-order valence-corrected chi connectivity index (χ1v) is 3.98. The van der Waals surface area contributed by atoms with Crippen molar-refractivity contribution in [3.63, 3.8) is 0 Å². The predicted molar refractivity (Wildman–Crippen MR) is 49.2 cm³/mol. The van der Waals surface area contributed by atoms with Crippen LogP contribution in [0.1, 0.15) is 0 Å². The molecule has 17 heavy (non-hydrogen) atoms. The Hall–Kier alpha value is 1.83. The van der Waals surface area contributed by atoms with Crippen LogP contribution < -0.4 is 59.1 Å². The second kappa shape index (κ2) is 26.4. The molecule has 0 aromatic heterocycles. The first kappa shape index (κ1) is 51.0. The summed E-state index contributed by atoms with van der Waals surface area (Å²) < 4.78 is 13.9. The van der Waals surface area contributed by atoms with Crippen LogP contribution in [0.15, 0.2) is 0 Å². The van der Waals surface area contributed by atoms with E-state index in [-0.39, 0.29) is 86.5 Å². The summed E-state index contributed by atoms with van der Waals surface area (Å²) in [4.78, 5) is 16.2. The third-order valence-corrected chi connectivity index (χ3v) is 1.27. The Morgan fingerprint density at radius 2 is 1.12 bits per heavy atom. The second-order valence-electron chi connectivity index (χ2n) is 1.58.